The molecule has 3 atom stereocenters. The normalized spacial score (nSPS) is 23.1. The summed E-state index contributed by atoms with van der Waals surface area (Å²) in [7, 11) is 1.57. The molecule has 8 heteroatoms. The van der Waals surface area contributed by atoms with Gasteiger partial charge in [-0.3, -0.25) is 4.79 Å². The predicted molar refractivity (Wildman–Crippen MR) is 68.4 cm³/mol. The van der Waals surface area contributed by atoms with Crippen LogP contribution in [0.15, 0.2) is 0 Å². The minimum absolute atomic E-state index is 0.104. The van der Waals surface area contributed by atoms with E-state index in [2.05, 4.69) is 5.32 Å². The highest BCUT2D eigenvalue weighted by atomic mass is 16.5. The summed E-state index contributed by atoms with van der Waals surface area (Å²) in [4.78, 5) is 34.9. The SMILES string of the molecule is CC1OCCC1N(C)C(=O)NC(CCC(=O)O)C(=O)O. The number of carbonyl (C=O) groups excluding carboxylic acids is 1. The summed E-state index contributed by atoms with van der Waals surface area (Å²) in [6, 6.07) is -1.85. The predicted octanol–water partition coefficient (Wildman–Crippen LogP) is 0.123. The van der Waals surface area contributed by atoms with E-state index in [1.807, 2.05) is 6.92 Å². The lowest BCUT2D eigenvalue weighted by molar-refractivity contribution is -0.140. The van der Waals surface area contributed by atoms with Gasteiger partial charge in [0.15, 0.2) is 0 Å². The van der Waals surface area contributed by atoms with Crippen molar-refractivity contribution in [1.29, 1.82) is 0 Å². The van der Waals surface area contributed by atoms with E-state index < -0.39 is 24.0 Å². The Hall–Kier alpha value is -1.83. The van der Waals surface area contributed by atoms with Crippen LogP contribution in [0.3, 0.4) is 0 Å². The molecule has 0 aromatic carbocycles. The first-order chi connectivity index (χ1) is 9.32. The number of likely N-dealkylation sites (N-methyl/N-ethyl adjacent to an activating group) is 1. The van der Waals surface area contributed by atoms with Gasteiger partial charge in [0.1, 0.15) is 6.04 Å². The Morgan fingerprint density at radius 3 is 2.50 bits per heavy atom. The molecule has 0 saturated carbocycles. The fourth-order valence-electron chi connectivity index (χ4n) is 2.16. The van der Waals surface area contributed by atoms with E-state index in [1.165, 1.54) is 4.90 Å². The average Bonchev–Trinajstić information content (AvgIpc) is 2.78. The number of ether oxygens (including phenoxy) is 1. The molecule has 1 saturated heterocycles. The van der Waals surface area contributed by atoms with E-state index in [4.69, 9.17) is 14.9 Å². The second-order valence-electron chi connectivity index (χ2n) is 4.82. The topological polar surface area (TPSA) is 116 Å². The third-order valence-corrected chi connectivity index (χ3v) is 3.40. The monoisotopic (exact) mass is 288 g/mol. The van der Waals surface area contributed by atoms with Gasteiger partial charge in [-0.2, -0.15) is 0 Å². The van der Waals surface area contributed by atoms with Crippen LogP contribution in [0, 0.1) is 0 Å². The molecule has 0 spiro atoms. The summed E-state index contributed by atoms with van der Waals surface area (Å²) < 4.78 is 5.35. The number of aliphatic carboxylic acids is 2. The zero-order valence-electron chi connectivity index (χ0n) is 11.5. The molecule has 1 heterocycles. The Bertz CT molecular complexity index is 386. The maximum atomic E-state index is 12.0. The summed E-state index contributed by atoms with van der Waals surface area (Å²) in [5.41, 5.74) is 0. The molecule has 20 heavy (non-hydrogen) atoms. The first-order valence-electron chi connectivity index (χ1n) is 6.42. The standard InChI is InChI=1S/C12H20N2O6/c1-7-9(5-6-20-7)14(2)12(19)13-8(11(17)18)3-4-10(15)16/h7-9H,3-6H2,1-2H3,(H,13,19)(H,15,16)(H,17,18). The van der Waals surface area contributed by atoms with Crippen molar-refractivity contribution >= 4 is 18.0 Å². The van der Waals surface area contributed by atoms with Crippen molar-refractivity contribution in [3.8, 4) is 0 Å². The van der Waals surface area contributed by atoms with Crippen LogP contribution in [0.4, 0.5) is 4.79 Å². The van der Waals surface area contributed by atoms with Crippen molar-refractivity contribution in [2.24, 2.45) is 0 Å². The van der Waals surface area contributed by atoms with Gasteiger partial charge in [0, 0.05) is 20.1 Å². The second-order valence-corrected chi connectivity index (χ2v) is 4.82. The molecule has 2 amide bonds. The van der Waals surface area contributed by atoms with E-state index in [0.717, 1.165) is 0 Å². The number of carbonyl (C=O) groups is 3. The number of rotatable bonds is 6. The Kier molecular flexibility index (Phi) is 5.75. The van der Waals surface area contributed by atoms with Gasteiger partial charge >= 0.3 is 18.0 Å². The molecule has 114 valence electrons. The molecule has 8 nitrogen and oxygen atoms in total. The molecule has 1 fully saturated rings. The molecule has 1 rings (SSSR count). The summed E-state index contributed by atoms with van der Waals surface area (Å²) in [5.74, 6) is -2.35. The third-order valence-electron chi connectivity index (χ3n) is 3.40. The van der Waals surface area contributed by atoms with E-state index in [-0.39, 0.29) is 25.0 Å². The highest BCUT2D eigenvalue weighted by molar-refractivity contribution is 5.83. The number of carboxylic acid groups (broad SMARTS) is 2. The van der Waals surface area contributed by atoms with Gasteiger partial charge in [0.25, 0.3) is 0 Å². The lowest BCUT2D eigenvalue weighted by atomic mass is 10.1. The molecule has 0 radical (unpaired) electrons. The van der Waals surface area contributed by atoms with Crippen LogP contribution in [0.1, 0.15) is 26.2 Å². The largest absolute Gasteiger partial charge is 0.481 e. The van der Waals surface area contributed by atoms with Crippen molar-refractivity contribution in [1.82, 2.24) is 10.2 Å². The van der Waals surface area contributed by atoms with Gasteiger partial charge in [-0.05, 0) is 19.8 Å². The van der Waals surface area contributed by atoms with E-state index >= 15 is 0 Å². The minimum Gasteiger partial charge on any atom is -0.481 e. The Morgan fingerprint density at radius 2 is 2.05 bits per heavy atom. The van der Waals surface area contributed by atoms with Gasteiger partial charge < -0.3 is 25.2 Å². The van der Waals surface area contributed by atoms with Crippen LogP contribution in [0.2, 0.25) is 0 Å². The first-order valence-corrected chi connectivity index (χ1v) is 6.42. The molecule has 0 aliphatic carbocycles. The van der Waals surface area contributed by atoms with Crippen LogP contribution < -0.4 is 5.32 Å². The van der Waals surface area contributed by atoms with Crippen molar-refractivity contribution < 1.29 is 29.3 Å². The van der Waals surface area contributed by atoms with Crippen LogP contribution in [0.25, 0.3) is 0 Å². The Labute approximate surface area is 116 Å². The second kappa shape index (κ2) is 7.09. The van der Waals surface area contributed by atoms with E-state index in [1.54, 1.807) is 7.05 Å². The maximum absolute atomic E-state index is 12.0. The Balaban J connectivity index is 2.56. The van der Waals surface area contributed by atoms with E-state index in [9.17, 15) is 14.4 Å². The highest BCUT2D eigenvalue weighted by Gasteiger charge is 2.32. The number of hydrogen-bond acceptors (Lipinski definition) is 4. The zero-order valence-corrected chi connectivity index (χ0v) is 11.5. The number of carboxylic acids is 2. The molecular formula is C12H20N2O6. The van der Waals surface area contributed by atoms with Gasteiger partial charge in [-0.15, -0.1) is 0 Å². The van der Waals surface area contributed by atoms with Crippen molar-refractivity contribution in [2.45, 2.75) is 44.4 Å². The summed E-state index contributed by atoms with van der Waals surface area (Å²) in [5, 5.41) is 19.9. The van der Waals surface area contributed by atoms with Crippen LogP contribution in [0.5, 0.6) is 0 Å². The van der Waals surface area contributed by atoms with Crippen LogP contribution in [-0.4, -0.2) is 64.9 Å². The highest BCUT2D eigenvalue weighted by Crippen LogP contribution is 2.18. The molecule has 0 aromatic heterocycles. The van der Waals surface area contributed by atoms with Crippen LogP contribution in [-0.2, 0) is 14.3 Å². The molecule has 0 bridgehead atoms. The maximum Gasteiger partial charge on any atom is 0.326 e. The van der Waals surface area contributed by atoms with Crippen molar-refractivity contribution in [3.05, 3.63) is 0 Å². The zero-order chi connectivity index (χ0) is 15.3. The first kappa shape index (κ1) is 16.2. The quantitative estimate of drug-likeness (QED) is 0.639. The Morgan fingerprint density at radius 1 is 1.40 bits per heavy atom. The molecule has 3 unspecified atom stereocenters. The minimum atomic E-state index is -1.25. The summed E-state index contributed by atoms with van der Waals surface area (Å²) >= 11 is 0. The molecule has 1 aliphatic rings. The number of nitrogens with zero attached hydrogens (tertiary/aromatic N) is 1. The van der Waals surface area contributed by atoms with Gasteiger partial charge in [-0.1, -0.05) is 0 Å². The molecule has 0 aromatic rings. The van der Waals surface area contributed by atoms with E-state index in [0.29, 0.717) is 13.0 Å². The lowest BCUT2D eigenvalue weighted by Crippen LogP contribution is -2.51. The molecular weight excluding hydrogens is 268 g/mol. The molecule has 3 N–H and O–H groups in total. The van der Waals surface area contributed by atoms with Gasteiger partial charge in [0.05, 0.1) is 12.1 Å². The third kappa shape index (κ3) is 4.37. The smallest absolute Gasteiger partial charge is 0.326 e. The summed E-state index contributed by atoms with van der Waals surface area (Å²) in [6.07, 6.45) is 0.121. The number of hydrogen-bond donors (Lipinski definition) is 3. The lowest BCUT2D eigenvalue weighted by Gasteiger charge is -2.28. The number of amides is 2. The van der Waals surface area contributed by atoms with Crippen molar-refractivity contribution in [3.63, 3.8) is 0 Å². The van der Waals surface area contributed by atoms with Gasteiger partial charge in [-0.25, -0.2) is 9.59 Å². The van der Waals surface area contributed by atoms with Crippen molar-refractivity contribution in [2.75, 3.05) is 13.7 Å². The van der Waals surface area contributed by atoms with Crippen LogP contribution >= 0.6 is 0 Å². The number of urea groups is 1. The molecule has 1 aliphatic heterocycles. The summed E-state index contributed by atoms with van der Waals surface area (Å²) in [6.45, 7) is 2.41. The van der Waals surface area contributed by atoms with Gasteiger partial charge in [0.2, 0.25) is 0 Å². The fourth-order valence-corrected chi connectivity index (χ4v) is 2.16. The average molecular weight is 288 g/mol. The fraction of sp³-hybridized carbons (Fsp3) is 0.750. The number of nitrogens with one attached hydrogen (secondary N) is 1.